The van der Waals surface area contributed by atoms with E-state index in [0.29, 0.717) is 68.3 Å². The molecule has 0 aliphatic carbocycles. The number of rotatable bonds is 39. The maximum Gasteiger partial charge on any atom is 0.408 e. The highest BCUT2D eigenvalue weighted by molar-refractivity contribution is 6.12. The minimum Gasteiger partial charge on any atom is -0.445 e. The van der Waals surface area contributed by atoms with Gasteiger partial charge >= 0.3 is 12.1 Å². The molecule has 0 bridgehead atoms. The van der Waals surface area contributed by atoms with Crippen LogP contribution in [0.5, 0.6) is 0 Å². The van der Waals surface area contributed by atoms with Gasteiger partial charge in [-0.1, -0.05) is 104 Å². The van der Waals surface area contributed by atoms with Gasteiger partial charge in [-0.3, -0.25) is 48.1 Å². The van der Waals surface area contributed by atoms with Crippen molar-refractivity contribution in [2.75, 3.05) is 46.2 Å². The van der Waals surface area contributed by atoms with Crippen LogP contribution >= 0.6 is 0 Å². The van der Waals surface area contributed by atoms with E-state index in [0.717, 1.165) is 4.90 Å². The Morgan fingerprint density at radius 3 is 2.03 bits per heavy atom. The molecule has 0 saturated carbocycles. The maximum atomic E-state index is 14.7. The van der Waals surface area contributed by atoms with Crippen molar-refractivity contribution in [1.82, 2.24) is 36.0 Å². The first-order chi connectivity index (χ1) is 43.5. The third kappa shape index (κ3) is 22.9. The molecule has 2 aliphatic rings. The van der Waals surface area contributed by atoms with E-state index in [2.05, 4.69) is 26.6 Å². The van der Waals surface area contributed by atoms with Crippen LogP contribution in [-0.2, 0) is 64.0 Å². The minimum absolute atomic E-state index is 0.0730. The van der Waals surface area contributed by atoms with Crippen LogP contribution in [0.1, 0.15) is 164 Å². The fraction of sp³-hybridized carbons (Fsp3) is 0.632. The quantitative estimate of drug-likeness (QED) is 0.0271. The molecule has 10 amide bonds. The number of anilines is 1. The van der Waals surface area contributed by atoms with Crippen molar-refractivity contribution in [3.8, 4) is 0 Å². The van der Waals surface area contributed by atoms with E-state index in [1.807, 2.05) is 45.9 Å². The van der Waals surface area contributed by atoms with Crippen LogP contribution in [0.15, 0.2) is 66.7 Å². The number of hydrogen-bond donors (Lipinski definition) is 7. The van der Waals surface area contributed by atoms with Gasteiger partial charge in [0.2, 0.25) is 29.5 Å². The molecule has 11 atom stereocenters. The van der Waals surface area contributed by atoms with Crippen LogP contribution in [0.4, 0.5) is 15.3 Å². The lowest BCUT2D eigenvalue weighted by Crippen LogP contribution is -2.55. The molecule has 2 aliphatic heterocycles. The van der Waals surface area contributed by atoms with Gasteiger partial charge in [-0.25, -0.2) is 9.59 Å². The standard InChI is InChI=1S/C68H103N9O15/c1-14-43(6)60(53(90-12)39-58(83)76-36-22-26-51(76)62(91-13)44(7)63(85)71-45(8)61(84)47-23-17-15-18-24-47)75(11)65(87)50(41(2)3)38-54(79)68(9,10)74-67(89)92-40-46-28-30-49(31-29-46)72-64(86)48(25-21-34-70-66(69)88)37-52(78)59(42(4)5)73-55(80)27-19-16-20-35-77-56(81)32-33-57(77)82/h15,17-18,23-24,28-33,41-45,48,50-51,53,59-62,84H,14,16,19-22,25-27,34-40H2,1-13H3,(H,71,85)(H,72,86)(H,73,80)(H,74,89)(H3,69,70,88)/t43-,44+,45+,48+,50-,51-,53+,59-,60-,61+,62+/m0/s1. The van der Waals surface area contributed by atoms with Gasteiger partial charge in [0, 0.05) is 89.8 Å². The van der Waals surface area contributed by atoms with E-state index in [1.54, 1.807) is 80.9 Å². The number of carbonyl (C=O) groups is 11. The number of primary amides is 1. The number of urea groups is 1. The number of aliphatic hydroxyl groups is 1. The number of nitrogens with zero attached hydrogens (tertiary/aromatic N) is 3. The summed E-state index contributed by atoms with van der Waals surface area (Å²) >= 11 is 0. The highest BCUT2D eigenvalue weighted by Gasteiger charge is 2.44. The molecule has 510 valence electrons. The highest BCUT2D eigenvalue weighted by Crippen LogP contribution is 2.32. The summed E-state index contributed by atoms with van der Waals surface area (Å²) in [6.45, 7) is 18.4. The van der Waals surface area contributed by atoms with Gasteiger partial charge in [-0.05, 0) is 100 Å². The predicted octanol–water partition coefficient (Wildman–Crippen LogP) is 6.67. The molecule has 92 heavy (non-hydrogen) atoms. The van der Waals surface area contributed by atoms with Crippen molar-refractivity contribution < 1.29 is 72.1 Å². The van der Waals surface area contributed by atoms with Crippen LogP contribution in [-0.4, -0.2) is 168 Å². The molecule has 24 heteroatoms. The first-order valence-electron chi connectivity index (χ1n) is 32.4. The molecule has 8 N–H and O–H groups in total. The number of amides is 10. The molecule has 2 aromatic carbocycles. The molecule has 0 radical (unpaired) electrons. The fourth-order valence-corrected chi connectivity index (χ4v) is 11.9. The van der Waals surface area contributed by atoms with E-state index >= 15 is 0 Å². The summed E-state index contributed by atoms with van der Waals surface area (Å²) in [5, 5.41) is 24.7. The molecule has 1 saturated heterocycles. The van der Waals surface area contributed by atoms with Crippen molar-refractivity contribution in [3.63, 3.8) is 0 Å². The average Bonchev–Trinajstić information content (AvgIpc) is 1.31. The summed E-state index contributed by atoms with van der Waals surface area (Å²) in [6, 6.07) is 12.3. The monoisotopic (exact) mass is 1290 g/mol. The van der Waals surface area contributed by atoms with Gasteiger partial charge in [-0.15, -0.1) is 0 Å². The number of nitrogens with one attached hydrogen (secondary N) is 5. The SMILES string of the molecule is CC[C@H](C)[C@@H]([C@@H](CC(=O)N1CCC[C@H]1[C@H](OC)[C@@H](C)C(=O)N[C@H](C)[C@@H](O)c1ccccc1)OC)N(C)C(=O)[C@@H](CC(=O)C(C)(C)NC(=O)OCc1ccc(NC(=O)[C@H](CCCNC(N)=O)CC(=O)[C@@H](NC(=O)CCCCCN2C(=O)C=CC2=O)C(C)C)cc1)C(C)C. The number of likely N-dealkylation sites (tertiary alicyclic amines) is 1. The Labute approximate surface area is 543 Å². The number of Topliss-reactive ketones (excluding diaryl/α,β-unsaturated/α-hetero) is 2. The number of benzene rings is 2. The summed E-state index contributed by atoms with van der Waals surface area (Å²) in [5.41, 5.74) is 5.35. The molecule has 0 aromatic heterocycles. The number of hydrogen-bond acceptors (Lipinski definition) is 15. The van der Waals surface area contributed by atoms with Crippen molar-refractivity contribution in [3.05, 3.63) is 77.9 Å². The minimum atomic E-state index is -1.48. The number of ether oxygens (including phenoxy) is 3. The van der Waals surface area contributed by atoms with Crippen molar-refractivity contribution >= 4 is 70.7 Å². The molecule has 2 heterocycles. The predicted molar refractivity (Wildman–Crippen MR) is 347 cm³/mol. The first-order valence-corrected chi connectivity index (χ1v) is 32.4. The summed E-state index contributed by atoms with van der Waals surface area (Å²) in [7, 11) is 4.68. The zero-order valence-electron chi connectivity index (χ0n) is 56.3. The zero-order valence-corrected chi connectivity index (χ0v) is 56.3. The van der Waals surface area contributed by atoms with E-state index in [-0.39, 0.29) is 111 Å². The first kappa shape index (κ1) is 76.9. The number of unbranched alkanes of at least 4 members (excludes halogenated alkanes) is 2. The number of alkyl carbamates (subject to hydrolysis) is 1. The topological polar surface area (TPSA) is 332 Å². The molecule has 4 rings (SSSR count). The molecular formula is C68H103N9O15. The molecule has 0 spiro atoms. The third-order valence-electron chi connectivity index (χ3n) is 17.8. The fourth-order valence-electron chi connectivity index (χ4n) is 11.9. The number of carbonyl (C=O) groups excluding carboxylic acids is 11. The zero-order chi connectivity index (χ0) is 68.6. The largest absolute Gasteiger partial charge is 0.445 e. The van der Waals surface area contributed by atoms with Gasteiger partial charge < -0.3 is 61.4 Å². The second-order valence-electron chi connectivity index (χ2n) is 25.8. The van der Waals surface area contributed by atoms with Gasteiger partial charge in [0.1, 0.15) is 6.61 Å². The number of methoxy groups -OCH3 is 2. The molecule has 0 unspecified atom stereocenters. The lowest BCUT2D eigenvalue weighted by atomic mass is 9.83. The molecule has 2 aromatic rings. The van der Waals surface area contributed by atoms with Crippen molar-refractivity contribution in [1.29, 1.82) is 0 Å². The normalized spacial score (nSPS) is 17.4. The van der Waals surface area contributed by atoms with Gasteiger partial charge in [0.15, 0.2) is 11.6 Å². The Balaban J connectivity index is 1.34. The van der Waals surface area contributed by atoms with Crippen LogP contribution in [0, 0.1) is 35.5 Å². The van der Waals surface area contributed by atoms with Gasteiger partial charge in [0.25, 0.3) is 11.8 Å². The van der Waals surface area contributed by atoms with Crippen LogP contribution in [0.3, 0.4) is 0 Å². The second-order valence-corrected chi connectivity index (χ2v) is 25.8. The number of aliphatic hydroxyl groups excluding tert-OH is 1. The molecule has 24 nitrogen and oxygen atoms in total. The number of likely N-dealkylation sites (N-methyl/N-ethyl adjacent to an activating group) is 1. The van der Waals surface area contributed by atoms with Crippen LogP contribution < -0.4 is 32.3 Å². The highest BCUT2D eigenvalue weighted by atomic mass is 16.5. The van der Waals surface area contributed by atoms with E-state index in [9.17, 15) is 57.8 Å². The Bertz CT molecular complexity index is 2830. The Morgan fingerprint density at radius 2 is 1.45 bits per heavy atom. The summed E-state index contributed by atoms with van der Waals surface area (Å²) < 4.78 is 17.6. The summed E-state index contributed by atoms with van der Waals surface area (Å²) in [5.74, 6) is -6.33. The smallest absolute Gasteiger partial charge is 0.408 e. The second kappa shape index (κ2) is 37.2. The Morgan fingerprint density at radius 1 is 0.793 bits per heavy atom. The summed E-state index contributed by atoms with van der Waals surface area (Å²) in [4.78, 5) is 150. The lowest BCUT2D eigenvalue weighted by Gasteiger charge is -2.41. The number of imide groups is 1. The maximum absolute atomic E-state index is 14.7. The molecular weight excluding hydrogens is 1180 g/mol. The third-order valence-corrected chi connectivity index (χ3v) is 17.8. The molecule has 1 fully saturated rings. The van der Waals surface area contributed by atoms with Gasteiger partial charge in [-0.2, -0.15) is 0 Å². The van der Waals surface area contributed by atoms with Crippen molar-refractivity contribution in [2.45, 2.75) is 201 Å². The Hall–Kier alpha value is -7.57. The summed E-state index contributed by atoms with van der Waals surface area (Å²) in [6.07, 6.45) is 2.81. The lowest BCUT2D eigenvalue weighted by molar-refractivity contribution is -0.149. The van der Waals surface area contributed by atoms with Crippen LogP contribution in [0.25, 0.3) is 0 Å². The number of ketones is 2. The van der Waals surface area contributed by atoms with Gasteiger partial charge in [0.05, 0.1) is 60.4 Å². The van der Waals surface area contributed by atoms with E-state index < -0.39 is 89.6 Å². The van der Waals surface area contributed by atoms with E-state index in [1.165, 1.54) is 40.2 Å². The van der Waals surface area contributed by atoms with Crippen molar-refractivity contribution in [2.24, 2.45) is 41.2 Å². The van der Waals surface area contributed by atoms with Crippen LogP contribution in [0.2, 0.25) is 0 Å². The van der Waals surface area contributed by atoms with E-state index in [4.69, 9.17) is 19.9 Å². The Kier molecular flexibility index (Phi) is 31.1. The average molecular weight is 1290 g/mol. The number of nitrogens with two attached hydrogens (primary N) is 1.